The maximum absolute atomic E-state index is 11.6. The van der Waals surface area contributed by atoms with E-state index in [1.807, 2.05) is 0 Å². The maximum Gasteiger partial charge on any atom is 0.322 e. The van der Waals surface area contributed by atoms with E-state index in [2.05, 4.69) is 30.0 Å². The largest absolute Gasteiger partial charge is 0.374 e. The van der Waals surface area contributed by atoms with E-state index >= 15 is 0 Å². The van der Waals surface area contributed by atoms with Gasteiger partial charge in [-0.15, -0.1) is 0 Å². The molecule has 6 N–H and O–H groups in total. The van der Waals surface area contributed by atoms with E-state index in [-0.39, 0.29) is 35.1 Å². The van der Waals surface area contributed by atoms with Crippen LogP contribution in [-0.2, 0) is 4.79 Å². The Morgan fingerprint density at radius 2 is 1.29 bits per heavy atom. The van der Waals surface area contributed by atoms with Gasteiger partial charge in [-0.25, -0.2) is 9.59 Å². The number of hydrogen-bond acceptors (Lipinski definition) is 4. The van der Waals surface area contributed by atoms with Gasteiger partial charge in [0.25, 0.3) is 5.91 Å². The van der Waals surface area contributed by atoms with Crippen molar-refractivity contribution in [2.45, 2.75) is 25.7 Å². The summed E-state index contributed by atoms with van der Waals surface area (Å²) in [6, 6.07) is 8.38. The highest BCUT2D eigenvalue weighted by atomic mass is 16.2. The van der Waals surface area contributed by atoms with Gasteiger partial charge in [0.2, 0.25) is 23.3 Å². The van der Waals surface area contributed by atoms with E-state index in [0.29, 0.717) is 5.56 Å². The molecule has 1 aliphatic carbocycles. The minimum atomic E-state index is -0.460. The lowest BCUT2D eigenvalue weighted by Crippen LogP contribution is -2.29. The highest BCUT2D eigenvalue weighted by molar-refractivity contribution is 5.95. The van der Waals surface area contributed by atoms with Crippen LogP contribution in [0.3, 0.4) is 0 Å². The third kappa shape index (κ3) is 7.62. The molecule has 156 valence electrons. The predicted molar refractivity (Wildman–Crippen MR) is 113 cm³/mol. The molecule has 31 heavy (non-hydrogen) atoms. The smallest absolute Gasteiger partial charge is 0.322 e. The van der Waals surface area contributed by atoms with E-state index in [4.69, 9.17) is 37.8 Å². The highest BCUT2D eigenvalue weighted by Crippen LogP contribution is 2.25. The molecule has 1 aromatic rings. The van der Waals surface area contributed by atoms with E-state index in [1.165, 1.54) is 0 Å². The molecule has 1 fully saturated rings. The van der Waals surface area contributed by atoms with Crippen LogP contribution in [0, 0.1) is 32.2 Å². The standard InChI is InChI=1S/C11H8N4O.C10H12N4O/c1-13-9(12)10(14-2)15-11(16)8-6-4-3-5-7-8;1-12-8(11)9(13-2)14-10(15)7-5-3-4-6-7/h3-7H,12H2,(H,15,16);7H,3-6,11H2,(H,14,15)/b10-9+;9-8+. The summed E-state index contributed by atoms with van der Waals surface area (Å²) < 4.78 is 0. The molecule has 0 heterocycles. The zero-order valence-electron chi connectivity index (χ0n) is 16.6. The number of nitrogens with zero attached hydrogens (tertiary/aromatic N) is 4. The van der Waals surface area contributed by atoms with Gasteiger partial charge in [-0.3, -0.25) is 10.6 Å². The second kappa shape index (κ2) is 12.6. The Hall–Kier alpha value is -4.80. The van der Waals surface area contributed by atoms with Crippen LogP contribution in [-0.4, -0.2) is 11.8 Å². The van der Waals surface area contributed by atoms with Crippen molar-refractivity contribution in [3.05, 3.63) is 105 Å². The Kier molecular flexibility index (Phi) is 9.87. The second-order valence-corrected chi connectivity index (χ2v) is 6.21. The lowest BCUT2D eigenvalue weighted by Gasteiger charge is -2.07. The SMILES string of the molecule is [C-]#[N+]/C(N)=C(\[N+]#[C-])NC(=O)C1CCCC1.[C-]#[N+]/C(N)=C(\[N+]#[C-])NC(=O)c1ccccc1. The van der Waals surface area contributed by atoms with E-state index < -0.39 is 5.91 Å². The first-order valence-electron chi connectivity index (χ1n) is 9.04. The molecule has 0 unspecified atom stereocenters. The van der Waals surface area contributed by atoms with Gasteiger partial charge < -0.3 is 30.8 Å². The molecule has 1 aliphatic rings. The molecular formula is C21H20N8O2. The molecule has 0 aliphatic heterocycles. The van der Waals surface area contributed by atoms with Crippen LogP contribution in [0.1, 0.15) is 36.0 Å². The first-order chi connectivity index (χ1) is 14.9. The summed E-state index contributed by atoms with van der Waals surface area (Å²) in [6.45, 7) is 26.8. The van der Waals surface area contributed by atoms with Gasteiger partial charge in [0.1, 0.15) is 0 Å². The lowest BCUT2D eigenvalue weighted by atomic mass is 10.1. The van der Waals surface area contributed by atoms with Crippen molar-refractivity contribution in [2.75, 3.05) is 0 Å². The molecule has 10 heteroatoms. The fourth-order valence-electron chi connectivity index (χ4n) is 2.58. The molecule has 0 saturated heterocycles. The molecule has 1 aromatic carbocycles. The first kappa shape index (κ1) is 24.2. The van der Waals surface area contributed by atoms with Gasteiger partial charge in [0.05, 0.1) is 11.5 Å². The van der Waals surface area contributed by atoms with Crippen molar-refractivity contribution in [2.24, 2.45) is 17.4 Å². The molecule has 0 aromatic heterocycles. The molecule has 2 rings (SSSR count). The Labute approximate surface area is 180 Å². The molecule has 10 nitrogen and oxygen atoms in total. The molecule has 0 bridgehead atoms. The Morgan fingerprint density at radius 1 is 0.806 bits per heavy atom. The quantitative estimate of drug-likeness (QED) is 0.563. The summed E-state index contributed by atoms with van der Waals surface area (Å²) >= 11 is 0. The minimum absolute atomic E-state index is 0.0275. The second-order valence-electron chi connectivity index (χ2n) is 6.21. The number of nitrogens with two attached hydrogens (primary N) is 2. The molecule has 0 atom stereocenters. The Bertz CT molecular complexity index is 1040. The van der Waals surface area contributed by atoms with Crippen molar-refractivity contribution >= 4 is 11.8 Å². The summed E-state index contributed by atoms with van der Waals surface area (Å²) in [5, 5.41) is 4.69. The van der Waals surface area contributed by atoms with Crippen molar-refractivity contribution in [1.82, 2.24) is 10.6 Å². The zero-order chi connectivity index (χ0) is 23.2. The average molecular weight is 416 g/mol. The Morgan fingerprint density at radius 3 is 1.74 bits per heavy atom. The van der Waals surface area contributed by atoms with Crippen molar-refractivity contribution in [3.63, 3.8) is 0 Å². The number of amides is 2. The number of nitrogens with one attached hydrogen (secondary N) is 2. The summed E-state index contributed by atoms with van der Waals surface area (Å²) in [4.78, 5) is 35.0. The normalized spacial score (nSPS) is 13.9. The lowest BCUT2D eigenvalue weighted by molar-refractivity contribution is -0.124. The monoisotopic (exact) mass is 416 g/mol. The third-order valence-corrected chi connectivity index (χ3v) is 4.19. The van der Waals surface area contributed by atoms with Crippen LogP contribution in [0.2, 0.25) is 0 Å². The molecule has 0 spiro atoms. The molecule has 0 radical (unpaired) electrons. The Balaban J connectivity index is 0.000000311. The highest BCUT2D eigenvalue weighted by Gasteiger charge is 2.25. The van der Waals surface area contributed by atoms with Crippen LogP contribution in [0.4, 0.5) is 0 Å². The van der Waals surface area contributed by atoms with E-state index in [1.54, 1.807) is 30.3 Å². The van der Waals surface area contributed by atoms with E-state index in [0.717, 1.165) is 25.7 Å². The van der Waals surface area contributed by atoms with Gasteiger partial charge in [-0.1, -0.05) is 57.3 Å². The van der Waals surface area contributed by atoms with Gasteiger partial charge in [-0.2, -0.15) is 0 Å². The number of benzene rings is 1. The number of hydrogen-bond donors (Lipinski definition) is 4. The van der Waals surface area contributed by atoms with Crippen LogP contribution in [0.5, 0.6) is 0 Å². The predicted octanol–water partition coefficient (Wildman–Crippen LogP) is 2.56. The molecular weight excluding hydrogens is 396 g/mol. The average Bonchev–Trinajstić information content (AvgIpc) is 3.36. The third-order valence-electron chi connectivity index (χ3n) is 4.19. The summed E-state index contributed by atoms with van der Waals surface area (Å²) in [5.41, 5.74) is 10.9. The summed E-state index contributed by atoms with van der Waals surface area (Å²) in [5.74, 6) is -1.65. The first-order valence-corrected chi connectivity index (χ1v) is 9.04. The number of rotatable bonds is 4. The summed E-state index contributed by atoms with van der Waals surface area (Å²) in [6.07, 6.45) is 3.81. The van der Waals surface area contributed by atoms with Gasteiger partial charge in [0, 0.05) is 0 Å². The van der Waals surface area contributed by atoms with Crippen LogP contribution in [0.25, 0.3) is 19.4 Å². The van der Waals surface area contributed by atoms with Crippen molar-refractivity contribution in [3.8, 4) is 0 Å². The topological polar surface area (TPSA) is 128 Å². The maximum atomic E-state index is 11.6. The van der Waals surface area contributed by atoms with E-state index in [9.17, 15) is 9.59 Å². The fraction of sp³-hybridized carbons (Fsp3) is 0.238. The van der Waals surface area contributed by atoms with Crippen molar-refractivity contribution < 1.29 is 9.59 Å². The number of carbonyl (C=O) groups is 2. The molecule has 2 amide bonds. The fourth-order valence-corrected chi connectivity index (χ4v) is 2.58. The zero-order valence-corrected chi connectivity index (χ0v) is 16.6. The minimum Gasteiger partial charge on any atom is -0.374 e. The van der Waals surface area contributed by atoms with Crippen molar-refractivity contribution in [1.29, 1.82) is 0 Å². The van der Waals surface area contributed by atoms with Crippen LogP contribution >= 0.6 is 0 Å². The molecule has 1 saturated carbocycles. The van der Waals surface area contributed by atoms with Gasteiger partial charge in [-0.05, 0) is 25.0 Å². The summed E-state index contributed by atoms with van der Waals surface area (Å²) in [7, 11) is 0. The van der Waals surface area contributed by atoms with Crippen LogP contribution in [0.15, 0.2) is 53.6 Å². The number of carbonyl (C=O) groups excluding carboxylic acids is 2. The van der Waals surface area contributed by atoms with Gasteiger partial charge >= 0.3 is 5.91 Å². The van der Waals surface area contributed by atoms with Crippen LogP contribution < -0.4 is 22.1 Å². The van der Waals surface area contributed by atoms with Gasteiger partial charge in [0.15, 0.2) is 0 Å².